The fraction of sp³-hybridized carbons (Fsp3) is 0.714. The summed E-state index contributed by atoms with van der Waals surface area (Å²) in [5, 5.41) is 9.58. The maximum Gasteiger partial charge on any atom is 0.313 e. The molecule has 1 rings (SSSR count). The first-order valence-electron chi connectivity index (χ1n) is 6.65. The van der Waals surface area contributed by atoms with Crippen LogP contribution in [-0.2, 0) is 21.5 Å². The molecule has 0 spiro atoms. The van der Waals surface area contributed by atoms with Crippen LogP contribution in [0.3, 0.4) is 0 Å². The van der Waals surface area contributed by atoms with Gasteiger partial charge in [-0.05, 0) is 5.92 Å². The van der Waals surface area contributed by atoms with Gasteiger partial charge in [-0.25, -0.2) is 4.98 Å². The summed E-state index contributed by atoms with van der Waals surface area (Å²) in [6.45, 7) is 9.96. The van der Waals surface area contributed by atoms with E-state index in [2.05, 4.69) is 37.2 Å². The summed E-state index contributed by atoms with van der Waals surface area (Å²) in [6, 6.07) is 0. The molecular formula is C14H24N2O3S. The Morgan fingerprint density at radius 3 is 2.70 bits per heavy atom. The van der Waals surface area contributed by atoms with Crippen molar-refractivity contribution in [2.45, 2.75) is 44.8 Å². The number of hydrogen-bond donors (Lipinski definition) is 1. The van der Waals surface area contributed by atoms with E-state index in [9.17, 15) is 4.79 Å². The Morgan fingerprint density at radius 1 is 1.55 bits per heavy atom. The van der Waals surface area contributed by atoms with E-state index in [1.165, 1.54) is 11.8 Å². The van der Waals surface area contributed by atoms with Gasteiger partial charge in [0.05, 0.1) is 12.4 Å². The Labute approximate surface area is 124 Å². The number of aromatic nitrogens is 2. The molecule has 0 aliphatic heterocycles. The van der Waals surface area contributed by atoms with Crippen LogP contribution in [0.5, 0.6) is 0 Å². The fourth-order valence-electron chi connectivity index (χ4n) is 2.02. The Kier molecular flexibility index (Phi) is 6.07. The summed E-state index contributed by atoms with van der Waals surface area (Å²) in [7, 11) is 1.69. The van der Waals surface area contributed by atoms with Gasteiger partial charge in [0.1, 0.15) is 0 Å². The number of methoxy groups -OCH3 is 1. The van der Waals surface area contributed by atoms with Crippen LogP contribution in [0.15, 0.2) is 11.4 Å². The van der Waals surface area contributed by atoms with E-state index in [0.717, 1.165) is 17.4 Å². The number of aliphatic carboxylic acids is 1. The van der Waals surface area contributed by atoms with Gasteiger partial charge in [0.2, 0.25) is 0 Å². The standard InChI is InChI=1S/C14H24N2O3S/c1-10(8-19-5)7-16-11(14(2,3)4)6-15-13(16)20-9-12(17)18/h6,10H,7-9H2,1-5H3,(H,17,18). The van der Waals surface area contributed by atoms with Crippen molar-refractivity contribution in [1.29, 1.82) is 0 Å². The van der Waals surface area contributed by atoms with Crippen LogP contribution in [-0.4, -0.2) is 40.1 Å². The Morgan fingerprint density at radius 2 is 2.20 bits per heavy atom. The maximum absolute atomic E-state index is 10.7. The van der Waals surface area contributed by atoms with Crippen molar-refractivity contribution < 1.29 is 14.6 Å². The van der Waals surface area contributed by atoms with Crippen molar-refractivity contribution in [1.82, 2.24) is 9.55 Å². The van der Waals surface area contributed by atoms with Crippen LogP contribution in [0, 0.1) is 5.92 Å². The molecule has 1 atom stereocenters. The number of imidazole rings is 1. The lowest BCUT2D eigenvalue weighted by Gasteiger charge is -2.23. The van der Waals surface area contributed by atoms with Crippen molar-refractivity contribution in [3.8, 4) is 0 Å². The predicted molar refractivity (Wildman–Crippen MR) is 80.3 cm³/mol. The zero-order valence-corrected chi connectivity index (χ0v) is 13.7. The zero-order chi connectivity index (χ0) is 15.3. The molecule has 0 aromatic carbocycles. The van der Waals surface area contributed by atoms with E-state index >= 15 is 0 Å². The molecule has 1 unspecified atom stereocenters. The van der Waals surface area contributed by atoms with Gasteiger partial charge >= 0.3 is 5.97 Å². The summed E-state index contributed by atoms with van der Waals surface area (Å²) < 4.78 is 7.30. The molecule has 1 N–H and O–H groups in total. The second-order valence-corrected chi connectivity index (χ2v) is 6.97. The summed E-state index contributed by atoms with van der Waals surface area (Å²) in [4.78, 5) is 15.1. The van der Waals surface area contributed by atoms with Crippen molar-refractivity contribution in [3.63, 3.8) is 0 Å². The molecule has 0 aliphatic carbocycles. The smallest absolute Gasteiger partial charge is 0.313 e. The average Bonchev–Trinajstić information content (AvgIpc) is 2.69. The van der Waals surface area contributed by atoms with Crippen LogP contribution >= 0.6 is 11.8 Å². The first-order valence-corrected chi connectivity index (χ1v) is 7.63. The number of thioether (sulfide) groups is 1. The largest absolute Gasteiger partial charge is 0.481 e. The second kappa shape index (κ2) is 7.13. The van der Waals surface area contributed by atoms with Gasteiger partial charge in [0, 0.05) is 31.0 Å². The molecular weight excluding hydrogens is 276 g/mol. The van der Waals surface area contributed by atoms with E-state index in [1.54, 1.807) is 7.11 Å². The highest BCUT2D eigenvalue weighted by molar-refractivity contribution is 7.99. The third-order valence-corrected chi connectivity index (χ3v) is 3.83. The molecule has 0 bridgehead atoms. The summed E-state index contributed by atoms with van der Waals surface area (Å²) in [6.07, 6.45) is 1.85. The van der Waals surface area contributed by atoms with E-state index in [0.29, 0.717) is 12.5 Å². The highest BCUT2D eigenvalue weighted by atomic mass is 32.2. The lowest BCUT2D eigenvalue weighted by Crippen LogP contribution is -2.22. The monoisotopic (exact) mass is 300 g/mol. The maximum atomic E-state index is 10.7. The van der Waals surface area contributed by atoms with Gasteiger partial charge < -0.3 is 14.4 Å². The Balaban J connectivity index is 2.99. The number of nitrogens with zero attached hydrogens (tertiary/aromatic N) is 2. The quantitative estimate of drug-likeness (QED) is 0.784. The highest BCUT2D eigenvalue weighted by Gasteiger charge is 2.23. The van der Waals surface area contributed by atoms with Crippen molar-refractivity contribution in [3.05, 3.63) is 11.9 Å². The molecule has 1 heterocycles. The molecule has 0 saturated carbocycles. The molecule has 0 aliphatic rings. The first kappa shape index (κ1) is 17.0. The van der Waals surface area contributed by atoms with Crippen molar-refractivity contribution in [2.24, 2.45) is 5.92 Å². The third kappa shape index (κ3) is 4.83. The van der Waals surface area contributed by atoms with E-state index in [1.807, 2.05) is 6.20 Å². The highest BCUT2D eigenvalue weighted by Crippen LogP contribution is 2.28. The summed E-state index contributed by atoms with van der Waals surface area (Å²) in [5.41, 5.74) is 1.09. The van der Waals surface area contributed by atoms with Crippen LogP contribution < -0.4 is 0 Å². The molecule has 0 amide bonds. The SMILES string of the molecule is COCC(C)Cn1c(C(C)(C)C)cnc1SCC(=O)O. The molecule has 0 fully saturated rings. The molecule has 114 valence electrons. The van der Waals surface area contributed by atoms with Gasteiger partial charge in [-0.2, -0.15) is 0 Å². The Hall–Kier alpha value is -1.01. The topological polar surface area (TPSA) is 64.4 Å². The molecule has 5 nitrogen and oxygen atoms in total. The van der Waals surface area contributed by atoms with Crippen LogP contribution in [0.1, 0.15) is 33.4 Å². The van der Waals surface area contributed by atoms with Crippen LogP contribution in [0.2, 0.25) is 0 Å². The number of carboxylic acids is 1. The van der Waals surface area contributed by atoms with Crippen LogP contribution in [0.25, 0.3) is 0 Å². The summed E-state index contributed by atoms with van der Waals surface area (Å²) in [5.74, 6) is -0.453. The molecule has 6 heteroatoms. The lowest BCUT2D eigenvalue weighted by molar-refractivity contribution is -0.133. The van der Waals surface area contributed by atoms with Gasteiger partial charge in [0.15, 0.2) is 5.16 Å². The molecule has 0 saturated heterocycles. The van der Waals surface area contributed by atoms with Crippen molar-refractivity contribution in [2.75, 3.05) is 19.5 Å². The summed E-state index contributed by atoms with van der Waals surface area (Å²) >= 11 is 1.26. The van der Waals surface area contributed by atoms with Gasteiger partial charge in [0.25, 0.3) is 0 Å². The van der Waals surface area contributed by atoms with Gasteiger partial charge in [-0.1, -0.05) is 39.5 Å². The molecule has 1 aromatic heterocycles. The first-order chi connectivity index (χ1) is 9.25. The predicted octanol–water partition coefficient (Wildman–Crippen LogP) is 2.64. The van der Waals surface area contributed by atoms with E-state index in [-0.39, 0.29) is 11.2 Å². The van der Waals surface area contributed by atoms with Gasteiger partial charge in [-0.15, -0.1) is 0 Å². The zero-order valence-electron chi connectivity index (χ0n) is 12.8. The average molecular weight is 300 g/mol. The lowest BCUT2D eigenvalue weighted by atomic mass is 9.92. The normalized spacial score (nSPS) is 13.4. The minimum Gasteiger partial charge on any atom is -0.481 e. The molecule has 0 radical (unpaired) electrons. The molecule has 20 heavy (non-hydrogen) atoms. The minimum absolute atomic E-state index is 0.0260. The van der Waals surface area contributed by atoms with E-state index in [4.69, 9.17) is 9.84 Å². The minimum atomic E-state index is -0.827. The van der Waals surface area contributed by atoms with Crippen LogP contribution in [0.4, 0.5) is 0 Å². The third-order valence-electron chi connectivity index (χ3n) is 2.86. The van der Waals surface area contributed by atoms with Crippen molar-refractivity contribution >= 4 is 17.7 Å². The number of hydrogen-bond acceptors (Lipinski definition) is 4. The number of ether oxygens (including phenoxy) is 1. The fourth-order valence-corrected chi connectivity index (χ4v) is 2.73. The van der Waals surface area contributed by atoms with Gasteiger partial charge in [-0.3, -0.25) is 4.79 Å². The molecule has 1 aromatic rings. The number of carboxylic acid groups (broad SMARTS) is 1. The Bertz CT molecular complexity index is 452. The van der Waals surface area contributed by atoms with E-state index < -0.39 is 5.97 Å². The number of rotatable bonds is 7. The second-order valence-electron chi connectivity index (χ2n) is 6.03. The number of carbonyl (C=O) groups is 1.